The smallest absolute Gasteiger partial charge is 0.338 e. The molecule has 0 aliphatic carbocycles. The minimum atomic E-state index is -0.422. The highest BCUT2D eigenvalue weighted by Crippen LogP contribution is 2.20. The van der Waals surface area contributed by atoms with Gasteiger partial charge in [-0.3, -0.25) is 4.79 Å². The van der Waals surface area contributed by atoms with Crippen LogP contribution in [0.15, 0.2) is 53.7 Å². The Bertz CT molecular complexity index is 1070. The van der Waals surface area contributed by atoms with E-state index in [1.807, 2.05) is 35.8 Å². The molecular formula is C22H24ClN5O3S. The number of aromatic nitrogens is 3. The summed E-state index contributed by atoms with van der Waals surface area (Å²) < 4.78 is 6.95. The zero-order valence-corrected chi connectivity index (χ0v) is 19.4. The summed E-state index contributed by atoms with van der Waals surface area (Å²) in [5.41, 5.74) is 1.85. The van der Waals surface area contributed by atoms with E-state index < -0.39 is 5.97 Å². The number of halogens is 1. The highest BCUT2D eigenvalue weighted by atomic mass is 35.5. The number of nitrogens with one attached hydrogen (secondary N) is 2. The lowest BCUT2D eigenvalue weighted by Gasteiger charge is -2.10. The van der Waals surface area contributed by atoms with Gasteiger partial charge in [0.2, 0.25) is 5.91 Å². The Balaban J connectivity index is 1.56. The van der Waals surface area contributed by atoms with Crippen LogP contribution in [0.2, 0.25) is 5.02 Å². The van der Waals surface area contributed by atoms with Crippen molar-refractivity contribution in [2.24, 2.45) is 0 Å². The second kappa shape index (κ2) is 11.5. The van der Waals surface area contributed by atoms with E-state index in [1.165, 1.54) is 11.8 Å². The summed E-state index contributed by atoms with van der Waals surface area (Å²) in [6.45, 7) is 5.21. The second-order valence-corrected chi connectivity index (χ2v) is 8.02. The van der Waals surface area contributed by atoms with Gasteiger partial charge in [0.25, 0.3) is 0 Å². The summed E-state index contributed by atoms with van der Waals surface area (Å²) in [7, 11) is 0. The first kappa shape index (κ1) is 23.6. The Hall–Kier alpha value is -3.04. The van der Waals surface area contributed by atoms with Crippen LogP contribution in [0.1, 0.15) is 30.0 Å². The molecule has 1 amide bonds. The molecule has 3 aromatic rings. The fraction of sp³-hybridized carbons (Fsp3) is 0.273. The molecule has 0 spiro atoms. The van der Waals surface area contributed by atoms with Crippen molar-refractivity contribution < 1.29 is 14.3 Å². The van der Waals surface area contributed by atoms with E-state index in [4.69, 9.17) is 16.3 Å². The SMILES string of the molecule is CCOC(=O)c1cccc(NC(=O)CSc2nnc(CNc3ccc(Cl)cc3)n2CC)c1. The van der Waals surface area contributed by atoms with Crippen LogP contribution < -0.4 is 10.6 Å². The number of thioether (sulfide) groups is 1. The highest BCUT2D eigenvalue weighted by Gasteiger charge is 2.14. The van der Waals surface area contributed by atoms with E-state index in [0.29, 0.717) is 41.1 Å². The van der Waals surface area contributed by atoms with Gasteiger partial charge in [-0.15, -0.1) is 10.2 Å². The number of benzene rings is 2. The average Bonchev–Trinajstić information content (AvgIpc) is 3.19. The summed E-state index contributed by atoms with van der Waals surface area (Å²) in [5.74, 6) is 0.301. The van der Waals surface area contributed by atoms with Gasteiger partial charge in [-0.25, -0.2) is 4.79 Å². The molecule has 0 saturated heterocycles. The largest absolute Gasteiger partial charge is 0.462 e. The molecule has 0 radical (unpaired) electrons. The van der Waals surface area contributed by atoms with Gasteiger partial charge in [-0.05, 0) is 56.3 Å². The van der Waals surface area contributed by atoms with Crippen molar-refractivity contribution in [3.8, 4) is 0 Å². The topological polar surface area (TPSA) is 98.1 Å². The van der Waals surface area contributed by atoms with Crippen molar-refractivity contribution in [2.75, 3.05) is 23.0 Å². The number of esters is 1. The van der Waals surface area contributed by atoms with Crippen LogP contribution in [-0.4, -0.2) is 39.0 Å². The summed E-state index contributed by atoms with van der Waals surface area (Å²) in [4.78, 5) is 24.3. The van der Waals surface area contributed by atoms with Crippen LogP contribution in [0, 0.1) is 0 Å². The first-order valence-electron chi connectivity index (χ1n) is 10.1. The van der Waals surface area contributed by atoms with Gasteiger partial charge in [0.15, 0.2) is 11.0 Å². The number of ether oxygens (including phenoxy) is 1. The number of anilines is 2. The Morgan fingerprint density at radius 2 is 1.88 bits per heavy atom. The fourth-order valence-electron chi connectivity index (χ4n) is 2.89. The molecule has 1 aromatic heterocycles. The van der Waals surface area contributed by atoms with Gasteiger partial charge in [-0.2, -0.15) is 0 Å². The van der Waals surface area contributed by atoms with Crippen LogP contribution in [0.4, 0.5) is 11.4 Å². The molecule has 0 unspecified atom stereocenters. The Kier molecular flexibility index (Phi) is 8.52. The maximum Gasteiger partial charge on any atom is 0.338 e. The number of nitrogens with zero attached hydrogens (tertiary/aromatic N) is 3. The predicted octanol–water partition coefficient (Wildman–Crippen LogP) is 4.47. The van der Waals surface area contributed by atoms with Gasteiger partial charge >= 0.3 is 5.97 Å². The third-order valence-electron chi connectivity index (χ3n) is 4.39. The first-order chi connectivity index (χ1) is 15.5. The number of rotatable bonds is 10. The monoisotopic (exact) mass is 473 g/mol. The minimum absolute atomic E-state index is 0.159. The number of hydrogen-bond acceptors (Lipinski definition) is 7. The second-order valence-electron chi connectivity index (χ2n) is 6.64. The first-order valence-corrected chi connectivity index (χ1v) is 11.5. The molecule has 2 aromatic carbocycles. The van der Waals surface area contributed by atoms with E-state index in [0.717, 1.165) is 11.5 Å². The molecule has 0 saturated carbocycles. The van der Waals surface area contributed by atoms with E-state index in [1.54, 1.807) is 31.2 Å². The molecule has 0 aliphatic rings. The van der Waals surface area contributed by atoms with E-state index in [-0.39, 0.29) is 11.7 Å². The molecule has 1 heterocycles. The summed E-state index contributed by atoms with van der Waals surface area (Å²) in [6.07, 6.45) is 0. The third kappa shape index (κ3) is 6.48. The fourth-order valence-corrected chi connectivity index (χ4v) is 3.84. The lowest BCUT2D eigenvalue weighted by Crippen LogP contribution is -2.15. The third-order valence-corrected chi connectivity index (χ3v) is 5.61. The molecule has 0 fully saturated rings. The van der Waals surface area contributed by atoms with Crippen molar-refractivity contribution in [1.82, 2.24) is 14.8 Å². The average molecular weight is 474 g/mol. The summed E-state index contributed by atoms with van der Waals surface area (Å²) in [6, 6.07) is 14.1. The van der Waals surface area contributed by atoms with Crippen LogP contribution >= 0.6 is 23.4 Å². The standard InChI is InChI=1S/C22H24ClN5O3S/c1-3-28-19(13-24-17-10-8-16(23)9-11-17)26-27-22(28)32-14-20(29)25-18-7-5-6-15(12-18)21(30)31-4-2/h5-12,24H,3-4,13-14H2,1-2H3,(H,25,29). The molecule has 8 nitrogen and oxygen atoms in total. The molecule has 32 heavy (non-hydrogen) atoms. The molecule has 0 aliphatic heterocycles. The van der Waals surface area contributed by atoms with Gasteiger partial charge < -0.3 is 19.9 Å². The maximum atomic E-state index is 12.4. The molecule has 0 atom stereocenters. The number of carbonyl (C=O) groups is 2. The van der Waals surface area contributed by atoms with Crippen LogP contribution in [0.5, 0.6) is 0 Å². The Morgan fingerprint density at radius 3 is 2.59 bits per heavy atom. The van der Waals surface area contributed by atoms with Crippen LogP contribution in [0.3, 0.4) is 0 Å². The van der Waals surface area contributed by atoms with Crippen molar-refractivity contribution in [2.45, 2.75) is 32.1 Å². The molecule has 0 bridgehead atoms. The summed E-state index contributed by atoms with van der Waals surface area (Å²) >= 11 is 7.22. The van der Waals surface area contributed by atoms with Crippen molar-refractivity contribution >= 4 is 46.6 Å². The Labute approximate surface area is 195 Å². The molecule has 3 rings (SSSR count). The lowest BCUT2D eigenvalue weighted by atomic mass is 10.2. The van der Waals surface area contributed by atoms with Gasteiger partial charge in [-0.1, -0.05) is 29.4 Å². The Morgan fingerprint density at radius 1 is 1.09 bits per heavy atom. The van der Waals surface area contributed by atoms with Crippen molar-refractivity contribution in [3.05, 3.63) is 64.9 Å². The molecule has 168 valence electrons. The zero-order chi connectivity index (χ0) is 22.9. The lowest BCUT2D eigenvalue weighted by molar-refractivity contribution is -0.113. The number of carbonyl (C=O) groups excluding carboxylic acids is 2. The highest BCUT2D eigenvalue weighted by molar-refractivity contribution is 7.99. The van der Waals surface area contributed by atoms with E-state index in [9.17, 15) is 9.59 Å². The van der Waals surface area contributed by atoms with Crippen LogP contribution in [0.25, 0.3) is 0 Å². The van der Waals surface area contributed by atoms with E-state index >= 15 is 0 Å². The molecule has 2 N–H and O–H groups in total. The number of amides is 1. The molecular weight excluding hydrogens is 450 g/mol. The van der Waals surface area contributed by atoms with Gasteiger partial charge in [0.05, 0.1) is 24.5 Å². The predicted molar refractivity (Wildman–Crippen MR) is 126 cm³/mol. The summed E-state index contributed by atoms with van der Waals surface area (Å²) in [5, 5.41) is 15.9. The molecule has 10 heteroatoms. The zero-order valence-electron chi connectivity index (χ0n) is 17.8. The number of hydrogen-bond donors (Lipinski definition) is 2. The van der Waals surface area contributed by atoms with Gasteiger partial charge in [0, 0.05) is 22.9 Å². The van der Waals surface area contributed by atoms with Crippen LogP contribution in [-0.2, 0) is 22.6 Å². The minimum Gasteiger partial charge on any atom is -0.462 e. The van der Waals surface area contributed by atoms with Crippen molar-refractivity contribution in [3.63, 3.8) is 0 Å². The quantitative estimate of drug-likeness (QED) is 0.331. The normalized spacial score (nSPS) is 10.6. The van der Waals surface area contributed by atoms with Crippen molar-refractivity contribution in [1.29, 1.82) is 0 Å². The van der Waals surface area contributed by atoms with Gasteiger partial charge in [0.1, 0.15) is 0 Å². The maximum absolute atomic E-state index is 12.4. The van der Waals surface area contributed by atoms with E-state index in [2.05, 4.69) is 20.8 Å².